The number of amides is 2. The summed E-state index contributed by atoms with van der Waals surface area (Å²) in [6, 6.07) is 17.8. The van der Waals surface area contributed by atoms with Gasteiger partial charge < -0.3 is 15.8 Å². The Kier molecular flexibility index (Phi) is 6.51. The maximum atomic E-state index is 12.3. The van der Waals surface area contributed by atoms with Gasteiger partial charge in [0.05, 0.1) is 19.1 Å². The molecule has 3 N–H and O–H groups in total. The van der Waals surface area contributed by atoms with E-state index in [1.807, 2.05) is 36.4 Å². The summed E-state index contributed by atoms with van der Waals surface area (Å²) in [5.74, 6) is -1.25. The Morgan fingerprint density at radius 1 is 1.04 bits per heavy atom. The van der Waals surface area contributed by atoms with Crippen molar-refractivity contribution in [3.63, 3.8) is 0 Å². The Labute approximate surface area is 141 Å². The SMILES string of the molecule is C[C@@H](COCc1ccccc1)C(=O)N[C@H](C(N)=O)c1ccccc1. The minimum Gasteiger partial charge on any atom is -0.376 e. The molecule has 5 heteroatoms. The summed E-state index contributed by atoms with van der Waals surface area (Å²) in [7, 11) is 0. The molecule has 0 heterocycles. The molecular weight excluding hydrogens is 304 g/mol. The summed E-state index contributed by atoms with van der Waals surface area (Å²) >= 11 is 0. The van der Waals surface area contributed by atoms with Gasteiger partial charge in [-0.1, -0.05) is 67.6 Å². The zero-order valence-corrected chi connectivity index (χ0v) is 13.6. The Balaban J connectivity index is 1.86. The van der Waals surface area contributed by atoms with E-state index in [1.165, 1.54) is 0 Å². The molecule has 0 spiro atoms. The van der Waals surface area contributed by atoms with Gasteiger partial charge in [0, 0.05) is 0 Å². The summed E-state index contributed by atoms with van der Waals surface area (Å²) in [5.41, 5.74) is 7.12. The number of primary amides is 1. The van der Waals surface area contributed by atoms with E-state index >= 15 is 0 Å². The van der Waals surface area contributed by atoms with E-state index in [9.17, 15) is 9.59 Å². The van der Waals surface area contributed by atoms with Crippen LogP contribution in [0.3, 0.4) is 0 Å². The fraction of sp³-hybridized carbons (Fsp3) is 0.263. The van der Waals surface area contributed by atoms with Crippen LogP contribution >= 0.6 is 0 Å². The molecule has 0 aliphatic heterocycles. The summed E-state index contributed by atoms with van der Waals surface area (Å²) in [4.78, 5) is 23.9. The predicted molar refractivity (Wildman–Crippen MR) is 91.8 cm³/mol. The molecule has 0 bridgehead atoms. The lowest BCUT2D eigenvalue weighted by molar-refractivity contribution is -0.131. The lowest BCUT2D eigenvalue weighted by Gasteiger charge is -2.19. The topological polar surface area (TPSA) is 81.4 Å². The lowest BCUT2D eigenvalue weighted by Crippen LogP contribution is -2.40. The van der Waals surface area contributed by atoms with Crippen LogP contribution in [0.5, 0.6) is 0 Å². The molecule has 0 fully saturated rings. The molecule has 5 nitrogen and oxygen atoms in total. The van der Waals surface area contributed by atoms with Crippen molar-refractivity contribution in [2.75, 3.05) is 6.61 Å². The van der Waals surface area contributed by atoms with E-state index in [2.05, 4.69) is 5.32 Å². The van der Waals surface area contributed by atoms with Crippen molar-refractivity contribution in [3.05, 3.63) is 71.8 Å². The highest BCUT2D eigenvalue weighted by Gasteiger charge is 2.23. The van der Waals surface area contributed by atoms with Crippen LogP contribution in [0, 0.1) is 5.92 Å². The quantitative estimate of drug-likeness (QED) is 0.780. The third-order valence-electron chi connectivity index (χ3n) is 3.63. The van der Waals surface area contributed by atoms with Gasteiger partial charge in [0.15, 0.2) is 0 Å². The maximum absolute atomic E-state index is 12.3. The van der Waals surface area contributed by atoms with Gasteiger partial charge >= 0.3 is 0 Å². The standard InChI is InChI=1S/C19H22N2O3/c1-14(12-24-13-15-8-4-2-5-9-15)19(23)21-17(18(20)22)16-10-6-3-7-11-16/h2-11,14,17H,12-13H2,1H3,(H2,20,22)(H,21,23)/t14-,17-/m0/s1. The van der Waals surface area contributed by atoms with Crippen molar-refractivity contribution < 1.29 is 14.3 Å². The number of ether oxygens (including phenoxy) is 1. The molecule has 0 aromatic heterocycles. The number of hydrogen-bond acceptors (Lipinski definition) is 3. The van der Waals surface area contributed by atoms with E-state index in [-0.39, 0.29) is 18.4 Å². The molecular formula is C19H22N2O3. The van der Waals surface area contributed by atoms with Crippen molar-refractivity contribution >= 4 is 11.8 Å². The summed E-state index contributed by atoms with van der Waals surface area (Å²) in [6.07, 6.45) is 0. The van der Waals surface area contributed by atoms with E-state index in [0.29, 0.717) is 12.2 Å². The van der Waals surface area contributed by atoms with Gasteiger partial charge in [0.2, 0.25) is 11.8 Å². The summed E-state index contributed by atoms with van der Waals surface area (Å²) in [6.45, 7) is 2.46. The molecule has 2 aromatic carbocycles. The van der Waals surface area contributed by atoms with E-state index in [0.717, 1.165) is 5.56 Å². The number of carbonyl (C=O) groups excluding carboxylic acids is 2. The third kappa shape index (κ3) is 5.21. The van der Waals surface area contributed by atoms with Crippen molar-refractivity contribution in [3.8, 4) is 0 Å². The molecule has 0 aliphatic rings. The first-order valence-corrected chi connectivity index (χ1v) is 7.84. The predicted octanol–water partition coefficient (Wildman–Crippen LogP) is 2.18. The smallest absolute Gasteiger partial charge is 0.244 e. The number of nitrogens with two attached hydrogens (primary N) is 1. The minimum absolute atomic E-state index is 0.265. The van der Waals surface area contributed by atoms with Gasteiger partial charge in [-0.15, -0.1) is 0 Å². The highest BCUT2D eigenvalue weighted by Crippen LogP contribution is 2.13. The average Bonchev–Trinajstić information content (AvgIpc) is 2.60. The number of carbonyl (C=O) groups is 2. The van der Waals surface area contributed by atoms with Gasteiger partial charge in [-0.25, -0.2) is 0 Å². The number of hydrogen-bond donors (Lipinski definition) is 2. The van der Waals surface area contributed by atoms with Crippen LogP contribution in [-0.4, -0.2) is 18.4 Å². The Morgan fingerprint density at radius 2 is 1.62 bits per heavy atom. The van der Waals surface area contributed by atoms with Gasteiger partial charge in [0.1, 0.15) is 6.04 Å². The van der Waals surface area contributed by atoms with Crippen LogP contribution in [0.25, 0.3) is 0 Å². The van der Waals surface area contributed by atoms with Gasteiger partial charge in [-0.05, 0) is 11.1 Å². The molecule has 24 heavy (non-hydrogen) atoms. The zero-order chi connectivity index (χ0) is 17.4. The van der Waals surface area contributed by atoms with Crippen LogP contribution in [0.1, 0.15) is 24.1 Å². The van der Waals surface area contributed by atoms with Crippen molar-refractivity contribution in [1.82, 2.24) is 5.32 Å². The summed E-state index contributed by atoms with van der Waals surface area (Å²) < 4.78 is 5.57. The Bertz CT molecular complexity index is 659. The van der Waals surface area contributed by atoms with Gasteiger partial charge in [0.25, 0.3) is 0 Å². The first kappa shape index (κ1) is 17.7. The lowest BCUT2D eigenvalue weighted by atomic mass is 10.1. The second-order valence-electron chi connectivity index (χ2n) is 5.66. The van der Waals surface area contributed by atoms with Crippen molar-refractivity contribution in [2.45, 2.75) is 19.6 Å². The van der Waals surface area contributed by atoms with Gasteiger partial charge in [-0.2, -0.15) is 0 Å². The average molecular weight is 326 g/mol. The Hall–Kier alpha value is -2.66. The fourth-order valence-electron chi connectivity index (χ4n) is 2.25. The number of benzene rings is 2. The second kappa shape index (κ2) is 8.84. The van der Waals surface area contributed by atoms with Crippen molar-refractivity contribution in [2.24, 2.45) is 11.7 Å². The first-order valence-electron chi connectivity index (χ1n) is 7.84. The second-order valence-corrected chi connectivity index (χ2v) is 5.66. The van der Waals surface area contributed by atoms with E-state index in [1.54, 1.807) is 31.2 Å². The maximum Gasteiger partial charge on any atom is 0.244 e. The molecule has 2 aromatic rings. The van der Waals surface area contributed by atoms with Crippen molar-refractivity contribution in [1.29, 1.82) is 0 Å². The number of rotatable bonds is 8. The third-order valence-corrected chi connectivity index (χ3v) is 3.63. The molecule has 0 saturated heterocycles. The molecule has 0 saturated carbocycles. The van der Waals surface area contributed by atoms with E-state index < -0.39 is 11.9 Å². The molecule has 0 unspecified atom stereocenters. The minimum atomic E-state index is -0.838. The van der Waals surface area contributed by atoms with Gasteiger partial charge in [-0.3, -0.25) is 9.59 Å². The normalized spacial score (nSPS) is 13.0. The largest absolute Gasteiger partial charge is 0.376 e. The van der Waals surface area contributed by atoms with Crippen LogP contribution < -0.4 is 11.1 Å². The summed E-state index contributed by atoms with van der Waals surface area (Å²) in [5, 5.41) is 2.69. The molecule has 2 amide bonds. The van der Waals surface area contributed by atoms with E-state index in [4.69, 9.17) is 10.5 Å². The fourth-order valence-corrected chi connectivity index (χ4v) is 2.25. The highest BCUT2D eigenvalue weighted by atomic mass is 16.5. The molecule has 0 radical (unpaired) electrons. The molecule has 0 aliphatic carbocycles. The molecule has 2 atom stereocenters. The number of nitrogens with one attached hydrogen (secondary N) is 1. The Morgan fingerprint density at radius 3 is 2.21 bits per heavy atom. The highest BCUT2D eigenvalue weighted by molar-refractivity contribution is 5.88. The van der Waals surface area contributed by atoms with Crippen LogP contribution in [-0.2, 0) is 20.9 Å². The van der Waals surface area contributed by atoms with Crippen LogP contribution in [0.15, 0.2) is 60.7 Å². The molecule has 2 rings (SSSR count). The first-order chi connectivity index (χ1) is 11.6. The van der Waals surface area contributed by atoms with Crippen LogP contribution in [0.4, 0.5) is 0 Å². The zero-order valence-electron chi connectivity index (χ0n) is 13.6. The van der Waals surface area contributed by atoms with Crippen LogP contribution in [0.2, 0.25) is 0 Å². The molecule has 126 valence electrons. The monoisotopic (exact) mass is 326 g/mol.